The van der Waals surface area contributed by atoms with Crippen LogP contribution in [0.15, 0.2) is 53.5 Å². The Balaban J connectivity index is 1.51. The Hall–Kier alpha value is -2.51. The van der Waals surface area contributed by atoms with E-state index in [1.165, 1.54) is 5.56 Å². The molecule has 1 heterocycles. The summed E-state index contributed by atoms with van der Waals surface area (Å²) in [4.78, 5) is 6.41. The van der Waals surface area contributed by atoms with E-state index in [9.17, 15) is 13.9 Å². The van der Waals surface area contributed by atoms with Gasteiger partial charge in [-0.2, -0.15) is 0 Å². The number of aliphatic imine (C=N–C) groups is 1. The van der Waals surface area contributed by atoms with Crippen LogP contribution in [0.2, 0.25) is 0 Å². The minimum atomic E-state index is -0.944. The smallest absolute Gasteiger partial charge is 0.193 e. The molecule has 5 nitrogen and oxygen atoms in total. The van der Waals surface area contributed by atoms with Crippen LogP contribution in [0.1, 0.15) is 18.4 Å². The molecule has 0 bridgehead atoms. The van der Waals surface area contributed by atoms with Gasteiger partial charge in [0, 0.05) is 25.7 Å². The molecule has 0 unspecified atom stereocenters. The molecule has 0 amide bonds. The Bertz CT molecular complexity index is 790. The molecule has 2 aromatic rings. The van der Waals surface area contributed by atoms with Crippen LogP contribution in [-0.2, 0) is 6.54 Å². The largest absolute Gasteiger partial charge is 0.388 e. The molecule has 0 aromatic heterocycles. The molecule has 144 valence electrons. The number of hydrogen-bond donors (Lipinski definition) is 3. The van der Waals surface area contributed by atoms with E-state index in [0.717, 1.165) is 37.8 Å². The summed E-state index contributed by atoms with van der Waals surface area (Å²) in [6.45, 7) is 2.48. The lowest BCUT2D eigenvalue weighted by Gasteiger charge is -2.37. The number of nitrogens with zero attached hydrogens (tertiary/aromatic N) is 2. The molecule has 0 spiro atoms. The minimum absolute atomic E-state index is 0.0559. The monoisotopic (exact) mass is 374 g/mol. The Labute approximate surface area is 157 Å². The number of anilines is 1. The third-order valence-electron chi connectivity index (χ3n) is 4.77. The summed E-state index contributed by atoms with van der Waals surface area (Å²) >= 11 is 0. The highest BCUT2D eigenvalue weighted by molar-refractivity contribution is 5.92. The second-order valence-electron chi connectivity index (χ2n) is 6.94. The number of aliphatic hydroxyl groups is 1. The third kappa shape index (κ3) is 5.48. The van der Waals surface area contributed by atoms with Gasteiger partial charge in [-0.05, 0) is 30.5 Å². The van der Waals surface area contributed by atoms with Crippen molar-refractivity contribution < 1.29 is 13.9 Å². The number of nitrogens with two attached hydrogens (primary N) is 1. The first-order chi connectivity index (χ1) is 12.9. The Morgan fingerprint density at radius 1 is 1.15 bits per heavy atom. The Kier molecular flexibility index (Phi) is 6.03. The highest BCUT2D eigenvalue weighted by Gasteiger charge is 2.32. The predicted molar refractivity (Wildman–Crippen MR) is 102 cm³/mol. The average Bonchev–Trinajstić information content (AvgIpc) is 2.66. The number of hydrogen-bond acceptors (Lipinski definition) is 3. The zero-order chi connectivity index (χ0) is 19.3. The molecule has 1 saturated heterocycles. The highest BCUT2D eigenvalue weighted by atomic mass is 19.1. The number of piperidine rings is 1. The van der Waals surface area contributed by atoms with E-state index >= 15 is 0 Å². The van der Waals surface area contributed by atoms with Crippen molar-refractivity contribution in [2.24, 2.45) is 10.7 Å². The molecule has 3 rings (SSSR count). The molecule has 4 N–H and O–H groups in total. The van der Waals surface area contributed by atoms with E-state index in [4.69, 9.17) is 5.73 Å². The highest BCUT2D eigenvalue weighted by Crippen LogP contribution is 2.24. The molecule has 27 heavy (non-hydrogen) atoms. The van der Waals surface area contributed by atoms with Crippen molar-refractivity contribution in [2.45, 2.75) is 25.0 Å². The van der Waals surface area contributed by atoms with Crippen molar-refractivity contribution in [3.63, 3.8) is 0 Å². The van der Waals surface area contributed by atoms with Crippen LogP contribution in [0.25, 0.3) is 0 Å². The fraction of sp³-hybridized carbons (Fsp3) is 0.350. The van der Waals surface area contributed by atoms with Gasteiger partial charge in [0.2, 0.25) is 0 Å². The SMILES string of the molecule is NC(=NCC1(O)CCN(Cc2ccccc2)CC1)Nc1cc(F)ccc1F. The standard InChI is InChI=1S/C20H24F2N4O/c21-16-6-7-17(22)18(12-16)25-19(23)24-14-20(27)8-10-26(11-9-20)13-15-4-2-1-3-5-15/h1-7,12,27H,8-11,13-14H2,(H3,23,24,25). The second kappa shape index (κ2) is 8.45. The van der Waals surface area contributed by atoms with Crippen molar-refractivity contribution in [1.82, 2.24) is 4.90 Å². The van der Waals surface area contributed by atoms with E-state index in [2.05, 4.69) is 27.3 Å². The quantitative estimate of drug-likeness (QED) is 0.556. The summed E-state index contributed by atoms with van der Waals surface area (Å²) in [6.07, 6.45) is 1.15. The second-order valence-corrected chi connectivity index (χ2v) is 6.94. The van der Waals surface area contributed by atoms with Gasteiger partial charge in [-0.3, -0.25) is 9.89 Å². The summed E-state index contributed by atoms with van der Waals surface area (Å²) in [5.41, 5.74) is 5.97. The molecule has 1 fully saturated rings. The van der Waals surface area contributed by atoms with Gasteiger partial charge < -0.3 is 16.2 Å². The average molecular weight is 374 g/mol. The summed E-state index contributed by atoms with van der Waals surface area (Å²) in [7, 11) is 0. The van der Waals surface area contributed by atoms with Crippen LogP contribution >= 0.6 is 0 Å². The van der Waals surface area contributed by atoms with Crippen LogP contribution in [0.5, 0.6) is 0 Å². The molecular weight excluding hydrogens is 350 g/mol. The van der Waals surface area contributed by atoms with Crippen molar-refractivity contribution >= 4 is 11.6 Å². The van der Waals surface area contributed by atoms with E-state index in [0.29, 0.717) is 12.8 Å². The first kappa shape index (κ1) is 19.3. The minimum Gasteiger partial charge on any atom is -0.388 e. The van der Waals surface area contributed by atoms with Crippen LogP contribution < -0.4 is 11.1 Å². The number of likely N-dealkylation sites (tertiary alicyclic amines) is 1. The molecule has 0 saturated carbocycles. The van der Waals surface area contributed by atoms with Gasteiger partial charge in [0.25, 0.3) is 0 Å². The lowest BCUT2D eigenvalue weighted by Crippen LogP contribution is -2.46. The van der Waals surface area contributed by atoms with Crippen molar-refractivity contribution in [2.75, 3.05) is 25.0 Å². The predicted octanol–water partition coefficient (Wildman–Crippen LogP) is 2.72. The van der Waals surface area contributed by atoms with Crippen LogP contribution in [0, 0.1) is 11.6 Å². The zero-order valence-corrected chi connectivity index (χ0v) is 15.0. The molecule has 0 atom stereocenters. The first-order valence-electron chi connectivity index (χ1n) is 8.94. The zero-order valence-electron chi connectivity index (χ0n) is 15.0. The number of benzene rings is 2. The van der Waals surface area contributed by atoms with Gasteiger partial charge in [0.15, 0.2) is 5.96 Å². The number of nitrogens with one attached hydrogen (secondary N) is 1. The summed E-state index contributed by atoms with van der Waals surface area (Å²) < 4.78 is 26.8. The molecule has 0 aliphatic carbocycles. The maximum Gasteiger partial charge on any atom is 0.193 e. The fourth-order valence-corrected chi connectivity index (χ4v) is 3.13. The number of rotatable bonds is 5. The maximum absolute atomic E-state index is 13.6. The van der Waals surface area contributed by atoms with Crippen LogP contribution in [0.4, 0.5) is 14.5 Å². The van der Waals surface area contributed by atoms with Crippen LogP contribution in [0.3, 0.4) is 0 Å². The molecular formula is C20H24F2N4O. The number of halogens is 2. The summed E-state index contributed by atoms with van der Waals surface area (Å²) in [5.74, 6) is -1.25. The molecule has 2 aromatic carbocycles. The topological polar surface area (TPSA) is 73.9 Å². The van der Waals surface area contributed by atoms with Gasteiger partial charge >= 0.3 is 0 Å². The Morgan fingerprint density at radius 3 is 2.56 bits per heavy atom. The maximum atomic E-state index is 13.6. The molecule has 1 aliphatic rings. The first-order valence-corrected chi connectivity index (χ1v) is 8.94. The lowest BCUT2D eigenvalue weighted by atomic mass is 9.91. The van der Waals surface area contributed by atoms with E-state index in [1.807, 2.05) is 18.2 Å². The van der Waals surface area contributed by atoms with E-state index in [1.54, 1.807) is 0 Å². The van der Waals surface area contributed by atoms with Crippen molar-refractivity contribution in [3.05, 3.63) is 65.7 Å². The third-order valence-corrected chi connectivity index (χ3v) is 4.77. The van der Waals surface area contributed by atoms with Crippen LogP contribution in [-0.4, -0.2) is 41.2 Å². The molecule has 7 heteroatoms. The molecule has 1 aliphatic heterocycles. The normalized spacial score (nSPS) is 17.7. The summed E-state index contributed by atoms with van der Waals surface area (Å²) in [5, 5.41) is 13.3. The Morgan fingerprint density at radius 2 is 1.85 bits per heavy atom. The van der Waals surface area contributed by atoms with Crippen molar-refractivity contribution in [1.29, 1.82) is 0 Å². The van der Waals surface area contributed by atoms with Gasteiger partial charge in [0.1, 0.15) is 11.6 Å². The lowest BCUT2D eigenvalue weighted by molar-refractivity contribution is -0.0149. The van der Waals surface area contributed by atoms with E-state index in [-0.39, 0.29) is 18.2 Å². The van der Waals surface area contributed by atoms with Crippen molar-refractivity contribution in [3.8, 4) is 0 Å². The molecule has 0 radical (unpaired) electrons. The van der Waals surface area contributed by atoms with Gasteiger partial charge in [-0.15, -0.1) is 0 Å². The number of guanidine groups is 1. The van der Waals surface area contributed by atoms with Gasteiger partial charge in [-0.1, -0.05) is 30.3 Å². The van der Waals surface area contributed by atoms with Gasteiger partial charge in [-0.25, -0.2) is 8.78 Å². The fourth-order valence-electron chi connectivity index (χ4n) is 3.13. The summed E-state index contributed by atoms with van der Waals surface area (Å²) in [6, 6.07) is 13.2. The van der Waals surface area contributed by atoms with E-state index < -0.39 is 17.2 Å². The van der Waals surface area contributed by atoms with Gasteiger partial charge in [0.05, 0.1) is 17.8 Å².